The van der Waals surface area contributed by atoms with Gasteiger partial charge in [0.15, 0.2) is 0 Å². The molecule has 1 amide bonds. The summed E-state index contributed by atoms with van der Waals surface area (Å²) < 4.78 is 16.1. The summed E-state index contributed by atoms with van der Waals surface area (Å²) in [6.45, 7) is 6.06. The zero-order valence-corrected chi connectivity index (χ0v) is 24.3. The third kappa shape index (κ3) is 10.8. The minimum Gasteiger partial charge on any atom is -0.496 e. The fourth-order valence-electron chi connectivity index (χ4n) is 4.11. The summed E-state index contributed by atoms with van der Waals surface area (Å²) in [5.74, 6) is 1.02. The lowest BCUT2D eigenvalue weighted by molar-refractivity contribution is -0.116. The topological polar surface area (TPSA) is 94.2 Å². The number of unbranched alkanes of at least 4 members (excludes halogenated alkanes) is 4. The molecule has 0 spiro atoms. The van der Waals surface area contributed by atoms with E-state index in [4.69, 9.17) is 25.8 Å². The Morgan fingerprint density at radius 2 is 1.69 bits per heavy atom. The first-order chi connectivity index (χ1) is 18.8. The number of rotatable bonds is 13. The molecule has 2 aromatic carbocycles. The number of carbonyl (C=O) groups is 3. The van der Waals surface area contributed by atoms with Crippen LogP contribution in [0, 0.1) is 0 Å². The fraction of sp³-hybridized carbons (Fsp3) is 0.500. The Kier molecular flexibility index (Phi) is 14.2. The maximum absolute atomic E-state index is 12.2. The standard InChI is InChI=1S/C24H30N2O5.C6H11ClO/c1-4-5-6-7-23(27)25-19-10-11-21-20(15-19)26(12-13-31-21)16-18-9-8-17(24(28)30-3)14-22(18)29-2;1-2-3-4-5-6(7)8/h8-11,14-15H,4-7,12-13,16H2,1-3H3,(H,25,27);2-5H2,1H3. The van der Waals surface area contributed by atoms with Gasteiger partial charge in [-0.05, 0) is 54.8 Å². The highest BCUT2D eigenvalue weighted by molar-refractivity contribution is 6.63. The quantitative estimate of drug-likeness (QED) is 0.165. The van der Waals surface area contributed by atoms with Crippen molar-refractivity contribution in [3.8, 4) is 11.5 Å². The number of nitrogens with zero attached hydrogens (tertiary/aromatic N) is 1. The van der Waals surface area contributed by atoms with Gasteiger partial charge >= 0.3 is 5.97 Å². The number of carbonyl (C=O) groups excluding carboxylic acids is 3. The lowest BCUT2D eigenvalue weighted by Crippen LogP contribution is -2.32. The van der Waals surface area contributed by atoms with Crippen molar-refractivity contribution in [1.29, 1.82) is 0 Å². The molecule has 0 fully saturated rings. The van der Waals surface area contributed by atoms with Gasteiger partial charge < -0.3 is 24.4 Å². The van der Waals surface area contributed by atoms with Crippen LogP contribution in [0.1, 0.15) is 81.1 Å². The first-order valence-electron chi connectivity index (χ1n) is 13.6. The van der Waals surface area contributed by atoms with Crippen LogP contribution in [0.3, 0.4) is 0 Å². The summed E-state index contributed by atoms with van der Waals surface area (Å²) in [6, 6.07) is 11.0. The zero-order chi connectivity index (χ0) is 28.6. The van der Waals surface area contributed by atoms with Crippen molar-refractivity contribution in [3.05, 3.63) is 47.5 Å². The monoisotopic (exact) mass is 560 g/mol. The molecule has 1 aliphatic rings. The van der Waals surface area contributed by atoms with E-state index in [1.165, 1.54) is 7.11 Å². The Labute approximate surface area is 236 Å². The highest BCUT2D eigenvalue weighted by Gasteiger charge is 2.21. The number of esters is 1. The second-order valence-corrected chi connectivity index (χ2v) is 9.71. The third-order valence-corrected chi connectivity index (χ3v) is 6.44. The number of amides is 1. The van der Waals surface area contributed by atoms with Crippen LogP contribution in [0.5, 0.6) is 11.5 Å². The highest BCUT2D eigenvalue weighted by Crippen LogP contribution is 2.36. The van der Waals surface area contributed by atoms with Crippen LogP contribution in [0.15, 0.2) is 36.4 Å². The number of fused-ring (bicyclic) bond motifs is 1. The Balaban J connectivity index is 0.000000580. The first kappa shape index (κ1) is 32.0. The molecule has 8 nitrogen and oxygen atoms in total. The lowest BCUT2D eigenvalue weighted by Gasteiger charge is -2.32. The van der Waals surface area contributed by atoms with E-state index in [1.807, 2.05) is 24.3 Å². The number of halogens is 1. The largest absolute Gasteiger partial charge is 0.496 e. The second kappa shape index (κ2) is 17.4. The van der Waals surface area contributed by atoms with Gasteiger partial charge in [-0.3, -0.25) is 9.59 Å². The van der Waals surface area contributed by atoms with E-state index in [-0.39, 0.29) is 11.1 Å². The van der Waals surface area contributed by atoms with E-state index in [1.54, 1.807) is 19.2 Å². The summed E-state index contributed by atoms with van der Waals surface area (Å²) in [7, 11) is 2.94. The molecule has 0 atom stereocenters. The Morgan fingerprint density at radius 1 is 0.974 bits per heavy atom. The first-order valence-corrected chi connectivity index (χ1v) is 14.0. The number of methoxy groups -OCH3 is 2. The Bertz CT molecular complexity index is 1090. The van der Waals surface area contributed by atoms with Gasteiger partial charge in [-0.2, -0.15) is 0 Å². The van der Waals surface area contributed by atoms with E-state index in [0.717, 1.165) is 61.2 Å². The molecular formula is C30H41ClN2O6. The van der Waals surface area contributed by atoms with Gasteiger partial charge in [0, 0.05) is 30.6 Å². The summed E-state index contributed by atoms with van der Waals surface area (Å²) in [6.07, 6.45) is 7.29. The van der Waals surface area contributed by atoms with Gasteiger partial charge in [-0.1, -0.05) is 45.6 Å². The van der Waals surface area contributed by atoms with Crippen molar-refractivity contribution in [2.75, 3.05) is 37.6 Å². The molecule has 1 aliphatic heterocycles. The predicted octanol–water partition coefficient (Wildman–Crippen LogP) is 6.73. The molecule has 0 saturated carbocycles. The maximum Gasteiger partial charge on any atom is 0.337 e. The van der Waals surface area contributed by atoms with Gasteiger partial charge in [-0.25, -0.2) is 4.79 Å². The van der Waals surface area contributed by atoms with Crippen LogP contribution in [0.4, 0.5) is 11.4 Å². The fourth-order valence-corrected chi connectivity index (χ4v) is 4.25. The average Bonchev–Trinajstić information content (AvgIpc) is 2.93. The molecule has 2 aromatic rings. The second-order valence-electron chi connectivity index (χ2n) is 9.29. The highest BCUT2D eigenvalue weighted by atomic mass is 35.5. The number of hydrogen-bond donors (Lipinski definition) is 1. The molecule has 9 heteroatoms. The van der Waals surface area contributed by atoms with Crippen LogP contribution >= 0.6 is 11.6 Å². The van der Waals surface area contributed by atoms with Crippen molar-refractivity contribution >= 4 is 40.1 Å². The molecule has 3 rings (SSSR count). The summed E-state index contributed by atoms with van der Waals surface area (Å²) in [5.41, 5.74) is 3.05. The van der Waals surface area contributed by atoms with Crippen LogP contribution in [-0.4, -0.2) is 44.5 Å². The number of hydrogen-bond acceptors (Lipinski definition) is 7. The minimum absolute atomic E-state index is 0.0248. The molecule has 1 heterocycles. The third-order valence-electron chi connectivity index (χ3n) is 6.26. The normalized spacial score (nSPS) is 11.9. The smallest absolute Gasteiger partial charge is 0.337 e. The molecule has 1 N–H and O–H groups in total. The van der Waals surface area contributed by atoms with E-state index >= 15 is 0 Å². The predicted molar refractivity (Wildman–Crippen MR) is 155 cm³/mol. The average molecular weight is 561 g/mol. The van der Waals surface area contributed by atoms with E-state index in [9.17, 15) is 14.4 Å². The van der Waals surface area contributed by atoms with Crippen LogP contribution in [-0.2, 0) is 20.9 Å². The van der Waals surface area contributed by atoms with E-state index in [0.29, 0.717) is 43.9 Å². The molecule has 214 valence electrons. The van der Waals surface area contributed by atoms with E-state index in [2.05, 4.69) is 24.1 Å². The molecular weight excluding hydrogens is 520 g/mol. The van der Waals surface area contributed by atoms with Gasteiger partial charge in [0.25, 0.3) is 0 Å². The number of benzene rings is 2. The van der Waals surface area contributed by atoms with Crippen molar-refractivity contribution in [3.63, 3.8) is 0 Å². The molecule has 0 aromatic heterocycles. The number of ether oxygens (including phenoxy) is 3. The zero-order valence-electron chi connectivity index (χ0n) is 23.5. The van der Waals surface area contributed by atoms with Gasteiger partial charge in [0.2, 0.25) is 11.1 Å². The maximum atomic E-state index is 12.2. The van der Waals surface area contributed by atoms with Gasteiger partial charge in [0.1, 0.15) is 18.1 Å². The Hall–Kier alpha value is -3.26. The van der Waals surface area contributed by atoms with Gasteiger partial charge in [0.05, 0.1) is 32.0 Å². The molecule has 39 heavy (non-hydrogen) atoms. The number of nitrogens with one attached hydrogen (secondary N) is 1. The van der Waals surface area contributed by atoms with Crippen molar-refractivity contribution < 1.29 is 28.6 Å². The minimum atomic E-state index is -0.402. The summed E-state index contributed by atoms with van der Waals surface area (Å²) in [4.78, 5) is 36.3. The molecule has 0 unspecified atom stereocenters. The van der Waals surface area contributed by atoms with E-state index < -0.39 is 5.97 Å². The number of anilines is 2. The van der Waals surface area contributed by atoms with Crippen molar-refractivity contribution in [2.24, 2.45) is 0 Å². The van der Waals surface area contributed by atoms with Crippen molar-refractivity contribution in [1.82, 2.24) is 0 Å². The molecule has 0 radical (unpaired) electrons. The lowest BCUT2D eigenvalue weighted by atomic mass is 10.1. The Morgan fingerprint density at radius 3 is 2.33 bits per heavy atom. The molecule has 0 saturated heterocycles. The molecule has 0 aliphatic carbocycles. The van der Waals surface area contributed by atoms with Gasteiger partial charge in [-0.15, -0.1) is 0 Å². The van der Waals surface area contributed by atoms with Crippen LogP contribution in [0.2, 0.25) is 0 Å². The SMILES string of the molecule is CCCCCC(=O)Cl.CCCCCC(=O)Nc1ccc2c(c1)N(Cc1ccc(C(=O)OC)cc1OC)CCO2. The van der Waals surface area contributed by atoms with Crippen LogP contribution < -0.4 is 19.7 Å². The summed E-state index contributed by atoms with van der Waals surface area (Å²) >= 11 is 5.07. The van der Waals surface area contributed by atoms with Crippen molar-refractivity contribution in [2.45, 2.75) is 71.8 Å². The summed E-state index contributed by atoms with van der Waals surface area (Å²) in [5, 5.41) is 2.78. The van der Waals surface area contributed by atoms with Crippen LogP contribution in [0.25, 0.3) is 0 Å². The molecule has 0 bridgehead atoms.